The van der Waals surface area contributed by atoms with Gasteiger partial charge in [-0.25, -0.2) is 0 Å². The molecule has 6 nitrogen and oxygen atoms in total. The number of hydrogen-bond donors (Lipinski definition) is 1. The first-order valence-corrected chi connectivity index (χ1v) is 9.60. The summed E-state index contributed by atoms with van der Waals surface area (Å²) in [7, 11) is 0. The molecule has 1 fully saturated rings. The highest BCUT2D eigenvalue weighted by atomic mass is 32.1. The summed E-state index contributed by atoms with van der Waals surface area (Å²) in [6, 6.07) is 11.7. The summed E-state index contributed by atoms with van der Waals surface area (Å²) in [4.78, 5) is 15.7. The van der Waals surface area contributed by atoms with Crippen LogP contribution in [0.15, 0.2) is 52.5 Å². The molecule has 0 spiro atoms. The van der Waals surface area contributed by atoms with E-state index in [-0.39, 0.29) is 11.8 Å². The number of piperidine rings is 1. The monoisotopic (exact) mass is 368 g/mol. The Morgan fingerprint density at radius 1 is 1.27 bits per heavy atom. The van der Waals surface area contributed by atoms with Gasteiger partial charge in [0.15, 0.2) is 5.82 Å². The zero-order valence-corrected chi connectivity index (χ0v) is 15.1. The van der Waals surface area contributed by atoms with Crippen molar-refractivity contribution in [3.63, 3.8) is 0 Å². The van der Waals surface area contributed by atoms with Gasteiger partial charge in [0.2, 0.25) is 5.91 Å². The molecule has 26 heavy (non-hydrogen) atoms. The van der Waals surface area contributed by atoms with Crippen molar-refractivity contribution in [3.8, 4) is 10.6 Å². The van der Waals surface area contributed by atoms with Crippen molar-refractivity contribution in [1.29, 1.82) is 0 Å². The van der Waals surface area contributed by atoms with Crippen LogP contribution in [0.3, 0.4) is 0 Å². The molecule has 0 saturated carbocycles. The molecule has 134 valence electrons. The van der Waals surface area contributed by atoms with E-state index in [9.17, 15) is 4.79 Å². The number of rotatable bonds is 5. The standard InChI is InChI=1S/C19H20N4O2S/c24-19(20-12-15-5-2-10-25-15)14-4-1-9-23(13-14)18-8-7-16(21-22-18)17-6-3-11-26-17/h2-3,5-8,10-11,14H,1,4,9,12-13H2,(H,20,24)/t14-/m0/s1. The average Bonchev–Trinajstić information content (AvgIpc) is 3.40. The Kier molecular flexibility index (Phi) is 4.97. The summed E-state index contributed by atoms with van der Waals surface area (Å²) in [5.41, 5.74) is 0.883. The lowest BCUT2D eigenvalue weighted by Crippen LogP contribution is -2.43. The Morgan fingerprint density at radius 3 is 2.96 bits per heavy atom. The van der Waals surface area contributed by atoms with E-state index in [2.05, 4.69) is 20.4 Å². The fourth-order valence-electron chi connectivity index (χ4n) is 3.18. The minimum absolute atomic E-state index is 0.0440. The van der Waals surface area contributed by atoms with E-state index >= 15 is 0 Å². The number of thiophene rings is 1. The Bertz CT molecular complexity index is 831. The summed E-state index contributed by atoms with van der Waals surface area (Å²) in [6.45, 7) is 1.99. The first-order valence-electron chi connectivity index (χ1n) is 8.72. The van der Waals surface area contributed by atoms with Crippen LogP contribution in [0.5, 0.6) is 0 Å². The third-order valence-corrected chi connectivity index (χ3v) is 5.45. The number of anilines is 1. The second-order valence-electron chi connectivity index (χ2n) is 6.34. The minimum atomic E-state index is -0.0440. The Balaban J connectivity index is 1.37. The van der Waals surface area contributed by atoms with Crippen LogP contribution in [0.1, 0.15) is 18.6 Å². The van der Waals surface area contributed by atoms with Crippen molar-refractivity contribution < 1.29 is 9.21 Å². The van der Waals surface area contributed by atoms with Crippen molar-refractivity contribution in [2.45, 2.75) is 19.4 Å². The van der Waals surface area contributed by atoms with Gasteiger partial charge >= 0.3 is 0 Å². The summed E-state index contributed by atoms with van der Waals surface area (Å²) in [6.07, 6.45) is 3.47. The maximum Gasteiger partial charge on any atom is 0.225 e. The summed E-state index contributed by atoms with van der Waals surface area (Å²) >= 11 is 1.65. The van der Waals surface area contributed by atoms with Crippen molar-refractivity contribution in [3.05, 3.63) is 53.8 Å². The van der Waals surface area contributed by atoms with Crippen molar-refractivity contribution in [1.82, 2.24) is 15.5 Å². The molecule has 1 N–H and O–H groups in total. The Morgan fingerprint density at radius 2 is 2.23 bits per heavy atom. The molecule has 1 aliphatic rings. The third kappa shape index (κ3) is 3.77. The summed E-state index contributed by atoms with van der Waals surface area (Å²) in [5.74, 6) is 1.61. The fourth-order valence-corrected chi connectivity index (χ4v) is 3.87. The number of carbonyl (C=O) groups excluding carboxylic acids is 1. The first-order chi connectivity index (χ1) is 12.8. The normalized spacial score (nSPS) is 17.2. The van der Waals surface area contributed by atoms with Gasteiger partial charge in [0.25, 0.3) is 0 Å². The number of hydrogen-bond acceptors (Lipinski definition) is 6. The van der Waals surface area contributed by atoms with E-state index in [1.54, 1.807) is 17.6 Å². The van der Waals surface area contributed by atoms with Gasteiger partial charge in [0.1, 0.15) is 11.5 Å². The van der Waals surface area contributed by atoms with Crippen LogP contribution in [0, 0.1) is 5.92 Å². The predicted octanol–water partition coefficient (Wildman–Crippen LogP) is 3.33. The molecule has 0 radical (unpaired) electrons. The van der Waals surface area contributed by atoms with Crippen molar-refractivity contribution >= 4 is 23.1 Å². The van der Waals surface area contributed by atoms with Crippen LogP contribution in [-0.2, 0) is 11.3 Å². The molecule has 0 aliphatic carbocycles. The van der Waals surface area contributed by atoms with Gasteiger partial charge in [-0.15, -0.1) is 21.5 Å². The number of nitrogens with zero attached hydrogens (tertiary/aromatic N) is 3. The molecule has 4 heterocycles. The molecule has 7 heteroatoms. The molecule has 1 atom stereocenters. The molecule has 3 aromatic heterocycles. The van der Waals surface area contributed by atoms with Gasteiger partial charge in [-0.1, -0.05) is 6.07 Å². The SMILES string of the molecule is O=C(NCc1ccco1)[C@H]1CCCN(c2ccc(-c3cccs3)nn2)C1. The van der Waals surface area contributed by atoms with Crippen LogP contribution in [0.2, 0.25) is 0 Å². The average molecular weight is 368 g/mol. The molecule has 0 unspecified atom stereocenters. The van der Waals surface area contributed by atoms with Gasteiger partial charge in [-0.3, -0.25) is 4.79 Å². The van der Waals surface area contributed by atoms with Gasteiger partial charge in [-0.05, 0) is 48.6 Å². The smallest absolute Gasteiger partial charge is 0.225 e. The second kappa shape index (κ2) is 7.70. The third-order valence-electron chi connectivity index (χ3n) is 4.56. The number of nitrogens with one attached hydrogen (secondary N) is 1. The molecule has 1 amide bonds. The molecule has 0 aromatic carbocycles. The van der Waals surface area contributed by atoms with Gasteiger partial charge in [0.05, 0.1) is 23.6 Å². The number of carbonyl (C=O) groups is 1. The molecule has 3 aromatic rings. The van der Waals surface area contributed by atoms with Crippen molar-refractivity contribution in [2.24, 2.45) is 5.92 Å². The van der Waals surface area contributed by atoms with E-state index in [1.807, 2.05) is 41.8 Å². The highest BCUT2D eigenvalue weighted by molar-refractivity contribution is 7.13. The van der Waals surface area contributed by atoms with E-state index in [0.717, 1.165) is 41.5 Å². The molecule has 1 aliphatic heterocycles. The molecular weight excluding hydrogens is 348 g/mol. The highest BCUT2D eigenvalue weighted by Gasteiger charge is 2.26. The molecule has 4 rings (SSSR count). The van der Waals surface area contributed by atoms with Gasteiger partial charge in [0, 0.05) is 13.1 Å². The number of amides is 1. The maximum atomic E-state index is 12.5. The van der Waals surface area contributed by atoms with Crippen LogP contribution in [-0.4, -0.2) is 29.2 Å². The van der Waals surface area contributed by atoms with Crippen LogP contribution < -0.4 is 10.2 Å². The van der Waals surface area contributed by atoms with E-state index in [1.165, 1.54) is 0 Å². The zero-order valence-electron chi connectivity index (χ0n) is 14.3. The lowest BCUT2D eigenvalue weighted by atomic mass is 9.97. The van der Waals surface area contributed by atoms with Crippen molar-refractivity contribution in [2.75, 3.05) is 18.0 Å². The molecule has 1 saturated heterocycles. The van der Waals surface area contributed by atoms with Crippen LogP contribution >= 0.6 is 11.3 Å². The number of furan rings is 1. The van der Waals surface area contributed by atoms with E-state index < -0.39 is 0 Å². The van der Waals surface area contributed by atoms with Crippen LogP contribution in [0.25, 0.3) is 10.6 Å². The quantitative estimate of drug-likeness (QED) is 0.748. The van der Waals surface area contributed by atoms with Gasteiger partial charge < -0.3 is 14.6 Å². The van der Waals surface area contributed by atoms with E-state index in [0.29, 0.717) is 13.1 Å². The minimum Gasteiger partial charge on any atom is -0.467 e. The topological polar surface area (TPSA) is 71.3 Å². The van der Waals surface area contributed by atoms with Gasteiger partial charge in [-0.2, -0.15) is 0 Å². The molecular formula is C19H20N4O2S. The highest BCUT2D eigenvalue weighted by Crippen LogP contribution is 2.25. The lowest BCUT2D eigenvalue weighted by molar-refractivity contribution is -0.125. The van der Waals surface area contributed by atoms with Crippen LogP contribution in [0.4, 0.5) is 5.82 Å². The first kappa shape index (κ1) is 16.8. The summed E-state index contributed by atoms with van der Waals surface area (Å²) < 4.78 is 5.26. The maximum absolute atomic E-state index is 12.5. The fraction of sp³-hybridized carbons (Fsp3) is 0.316. The molecule has 0 bridgehead atoms. The summed E-state index contributed by atoms with van der Waals surface area (Å²) in [5, 5.41) is 13.7. The lowest BCUT2D eigenvalue weighted by Gasteiger charge is -2.32. The van der Waals surface area contributed by atoms with E-state index in [4.69, 9.17) is 4.42 Å². The number of aromatic nitrogens is 2. The second-order valence-corrected chi connectivity index (χ2v) is 7.28. The zero-order chi connectivity index (χ0) is 17.8. The largest absolute Gasteiger partial charge is 0.467 e. The Labute approximate surface area is 155 Å². The Hall–Kier alpha value is -2.67. The predicted molar refractivity (Wildman–Crippen MR) is 101 cm³/mol.